The predicted molar refractivity (Wildman–Crippen MR) is 94.7 cm³/mol. The molecule has 0 saturated carbocycles. The van der Waals surface area contributed by atoms with E-state index in [0.717, 1.165) is 32.7 Å². The molecule has 2 rings (SSSR count). The highest BCUT2D eigenvalue weighted by molar-refractivity contribution is 14.0. The van der Waals surface area contributed by atoms with Gasteiger partial charge in [-0.3, -0.25) is 4.99 Å². The lowest BCUT2D eigenvalue weighted by Gasteiger charge is -2.31. The summed E-state index contributed by atoms with van der Waals surface area (Å²) in [5, 5.41) is 0. The Kier molecular flexibility index (Phi) is 8.52. The molecule has 1 aliphatic heterocycles. The highest BCUT2D eigenvalue weighted by Crippen LogP contribution is 2.19. The van der Waals surface area contributed by atoms with E-state index >= 15 is 0 Å². The van der Waals surface area contributed by atoms with E-state index in [4.69, 9.17) is 10.5 Å². The average molecular weight is 393 g/mol. The Hall–Kier alpha value is -0.300. The fraction of sp³-hybridized carbons (Fsp3) is 0.800. The lowest BCUT2D eigenvalue weighted by atomic mass is 10.1. The summed E-state index contributed by atoms with van der Waals surface area (Å²) in [5.74, 6) is 0.685. The Morgan fingerprint density at radius 3 is 3.10 bits per heavy atom. The third kappa shape index (κ3) is 5.99. The fourth-order valence-electron chi connectivity index (χ4n) is 2.75. The van der Waals surface area contributed by atoms with Crippen molar-refractivity contribution in [2.75, 3.05) is 26.2 Å². The maximum Gasteiger partial charge on any atom is 0.191 e. The van der Waals surface area contributed by atoms with Gasteiger partial charge in [0.2, 0.25) is 0 Å². The highest BCUT2D eigenvalue weighted by atomic mass is 127. The molecule has 0 aromatic rings. The lowest BCUT2D eigenvalue weighted by molar-refractivity contribution is 0.00530. The molecule has 1 aliphatic carbocycles. The molecular weight excluding hydrogens is 365 g/mol. The SMILES string of the molecule is CC1CN(C(N)=NCCC2=CCCCCC2)CCO1.I. The van der Waals surface area contributed by atoms with Crippen molar-refractivity contribution in [3.63, 3.8) is 0 Å². The van der Waals surface area contributed by atoms with Crippen molar-refractivity contribution in [2.45, 2.75) is 51.6 Å². The van der Waals surface area contributed by atoms with Gasteiger partial charge in [-0.25, -0.2) is 0 Å². The van der Waals surface area contributed by atoms with Crippen molar-refractivity contribution >= 4 is 29.9 Å². The van der Waals surface area contributed by atoms with Crippen molar-refractivity contribution in [3.8, 4) is 0 Å². The van der Waals surface area contributed by atoms with Gasteiger partial charge in [-0.2, -0.15) is 0 Å². The Bertz CT molecular complexity index is 344. The first kappa shape index (κ1) is 17.8. The number of nitrogens with zero attached hydrogens (tertiary/aromatic N) is 2. The number of hydrogen-bond acceptors (Lipinski definition) is 2. The summed E-state index contributed by atoms with van der Waals surface area (Å²) < 4.78 is 5.51. The predicted octanol–water partition coefficient (Wildman–Crippen LogP) is 2.92. The maximum atomic E-state index is 6.06. The summed E-state index contributed by atoms with van der Waals surface area (Å²) in [5.41, 5.74) is 7.63. The minimum Gasteiger partial charge on any atom is -0.375 e. The van der Waals surface area contributed by atoms with Gasteiger partial charge in [0.05, 0.1) is 12.7 Å². The number of guanidine groups is 1. The van der Waals surface area contributed by atoms with Crippen LogP contribution in [-0.4, -0.2) is 43.2 Å². The van der Waals surface area contributed by atoms with E-state index in [1.54, 1.807) is 5.57 Å². The summed E-state index contributed by atoms with van der Waals surface area (Å²) in [7, 11) is 0. The first-order valence-electron chi connectivity index (χ1n) is 7.60. The summed E-state index contributed by atoms with van der Waals surface area (Å²) in [4.78, 5) is 6.67. The van der Waals surface area contributed by atoms with Crippen LogP contribution in [0.4, 0.5) is 0 Å². The minimum absolute atomic E-state index is 0. The second kappa shape index (κ2) is 9.60. The van der Waals surface area contributed by atoms with Crippen molar-refractivity contribution < 1.29 is 4.74 Å². The van der Waals surface area contributed by atoms with E-state index < -0.39 is 0 Å². The molecule has 2 N–H and O–H groups in total. The van der Waals surface area contributed by atoms with Gasteiger partial charge in [0.15, 0.2) is 5.96 Å². The minimum atomic E-state index is 0. The quantitative estimate of drug-likeness (QED) is 0.347. The van der Waals surface area contributed by atoms with Crippen LogP contribution in [0.15, 0.2) is 16.6 Å². The molecule has 1 saturated heterocycles. The van der Waals surface area contributed by atoms with Crippen molar-refractivity contribution in [2.24, 2.45) is 10.7 Å². The van der Waals surface area contributed by atoms with Crippen LogP contribution in [0.25, 0.3) is 0 Å². The smallest absolute Gasteiger partial charge is 0.191 e. The Morgan fingerprint density at radius 1 is 1.45 bits per heavy atom. The van der Waals surface area contributed by atoms with Crippen LogP contribution >= 0.6 is 24.0 Å². The number of morpholine rings is 1. The molecule has 0 aromatic carbocycles. The van der Waals surface area contributed by atoms with Gasteiger partial charge >= 0.3 is 0 Å². The number of hydrogen-bond donors (Lipinski definition) is 1. The van der Waals surface area contributed by atoms with Crippen LogP contribution in [0.5, 0.6) is 0 Å². The standard InChI is InChI=1S/C15H27N3O.HI/c1-13-12-18(10-11-19-13)15(16)17-9-8-14-6-4-2-3-5-7-14;/h6,13H,2-5,7-12H2,1H3,(H2,16,17);1H. The Morgan fingerprint density at radius 2 is 2.30 bits per heavy atom. The van der Waals surface area contributed by atoms with Gasteiger partial charge in [0.25, 0.3) is 0 Å². The van der Waals surface area contributed by atoms with Gasteiger partial charge < -0.3 is 15.4 Å². The molecule has 116 valence electrons. The molecule has 5 heteroatoms. The van der Waals surface area contributed by atoms with Crippen LogP contribution in [0.1, 0.15) is 45.4 Å². The second-order valence-corrected chi connectivity index (χ2v) is 5.58. The van der Waals surface area contributed by atoms with Gasteiger partial charge in [-0.05, 0) is 39.0 Å². The van der Waals surface area contributed by atoms with E-state index in [9.17, 15) is 0 Å². The molecule has 0 spiro atoms. The van der Waals surface area contributed by atoms with Gasteiger partial charge in [-0.1, -0.05) is 18.1 Å². The zero-order valence-corrected chi connectivity index (χ0v) is 14.8. The molecule has 20 heavy (non-hydrogen) atoms. The number of allylic oxidation sites excluding steroid dienone is 1. The van der Waals surface area contributed by atoms with Crippen LogP contribution in [0, 0.1) is 0 Å². The molecule has 1 heterocycles. The molecular formula is C15H28IN3O. The molecule has 0 aromatic heterocycles. The van der Waals surface area contributed by atoms with Crippen LogP contribution in [0.3, 0.4) is 0 Å². The Labute approximate surface area is 139 Å². The number of aliphatic imine (C=N–C) groups is 1. The highest BCUT2D eigenvalue weighted by Gasteiger charge is 2.17. The average Bonchev–Trinajstić information content (AvgIpc) is 2.67. The largest absolute Gasteiger partial charge is 0.375 e. The molecule has 4 nitrogen and oxygen atoms in total. The molecule has 1 unspecified atom stereocenters. The van der Waals surface area contributed by atoms with Gasteiger partial charge in [-0.15, -0.1) is 24.0 Å². The first-order chi connectivity index (χ1) is 9.25. The Balaban J connectivity index is 0.00000200. The zero-order chi connectivity index (χ0) is 13.5. The molecule has 2 aliphatic rings. The third-order valence-electron chi connectivity index (χ3n) is 3.91. The molecule has 0 bridgehead atoms. The van der Waals surface area contributed by atoms with Crippen molar-refractivity contribution in [1.29, 1.82) is 0 Å². The van der Waals surface area contributed by atoms with E-state index in [0.29, 0.717) is 5.96 Å². The maximum absolute atomic E-state index is 6.06. The third-order valence-corrected chi connectivity index (χ3v) is 3.91. The summed E-state index contributed by atoms with van der Waals surface area (Å²) >= 11 is 0. The number of nitrogens with two attached hydrogens (primary N) is 1. The first-order valence-corrected chi connectivity index (χ1v) is 7.60. The molecule has 1 atom stereocenters. The van der Waals surface area contributed by atoms with E-state index in [2.05, 4.69) is 22.9 Å². The van der Waals surface area contributed by atoms with E-state index in [1.165, 1.54) is 32.1 Å². The van der Waals surface area contributed by atoms with Gasteiger partial charge in [0.1, 0.15) is 0 Å². The van der Waals surface area contributed by atoms with Crippen LogP contribution in [0.2, 0.25) is 0 Å². The number of rotatable bonds is 3. The summed E-state index contributed by atoms with van der Waals surface area (Å²) in [6.07, 6.45) is 10.3. The summed E-state index contributed by atoms with van der Waals surface area (Å²) in [6, 6.07) is 0. The molecule has 0 amide bonds. The summed E-state index contributed by atoms with van der Waals surface area (Å²) in [6.45, 7) is 5.38. The van der Waals surface area contributed by atoms with E-state index in [1.807, 2.05) is 0 Å². The lowest BCUT2D eigenvalue weighted by Crippen LogP contribution is -2.47. The fourth-order valence-corrected chi connectivity index (χ4v) is 2.75. The monoisotopic (exact) mass is 393 g/mol. The van der Waals surface area contributed by atoms with Crippen molar-refractivity contribution in [3.05, 3.63) is 11.6 Å². The second-order valence-electron chi connectivity index (χ2n) is 5.58. The molecule has 0 radical (unpaired) electrons. The number of ether oxygens (including phenoxy) is 1. The topological polar surface area (TPSA) is 50.8 Å². The van der Waals surface area contributed by atoms with Crippen molar-refractivity contribution in [1.82, 2.24) is 4.90 Å². The zero-order valence-electron chi connectivity index (χ0n) is 12.5. The normalized spacial score (nSPS) is 24.6. The number of halogens is 1. The van der Waals surface area contributed by atoms with E-state index in [-0.39, 0.29) is 30.1 Å². The van der Waals surface area contributed by atoms with Crippen LogP contribution < -0.4 is 5.73 Å². The molecule has 1 fully saturated rings. The van der Waals surface area contributed by atoms with Crippen LogP contribution in [-0.2, 0) is 4.74 Å². The van der Waals surface area contributed by atoms with Gasteiger partial charge in [0, 0.05) is 19.6 Å².